The summed E-state index contributed by atoms with van der Waals surface area (Å²) in [6.45, 7) is 5.60. The van der Waals surface area contributed by atoms with Gasteiger partial charge in [0.1, 0.15) is 5.75 Å². The van der Waals surface area contributed by atoms with E-state index in [1.54, 1.807) is 12.1 Å². The summed E-state index contributed by atoms with van der Waals surface area (Å²) in [6.07, 6.45) is 32.5. The van der Waals surface area contributed by atoms with Crippen LogP contribution in [-0.2, 0) is 0 Å². The first-order valence-corrected chi connectivity index (χ1v) is 18.5. The molecule has 0 saturated carbocycles. The molecule has 4 nitrogen and oxygen atoms in total. The van der Waals surface area contributed by atoms with Gasteiger partial charge in [0.2, 0.25) is 0 Å². The van der Waals surface area contributed by atoms with Crippen molar-refractivity contribution in [1.29, 1.82) is 0 Å². The minimum atomic E-state index is -0.402. The number of anilines is 1. The van der Waals surface area contributed by atoms with E-state index < -0.39 is 12.2 Å². The van der Waals surface area contributed by atoms with Crippen LogP contribution < -0.4 is 4.90 Å². The van der Waals surface area contributed by atoms with Crippen LogP contribution >= 0.6 is 0 Å². The van der Waals surface area contributed by atoms with Crippen molar-refractivity contribution in [2.24, 2.45) is 0 Å². The lowest BCUT2D eigenvalue weighted by molar-refractivity contribution is 0.145. The second kappa shape index (κ2) is 28.5. The van der Waals surface area contributed by atoms with Crippen LogP contribution in [-0.4, -0.2) is 40.6 Å². The standard InChI is InChI=1S/C38H71NO3/c1-3-5-7-9-11-13-15-17-19-21-23-25-27-37(41)33-39(35-29-31-36(40)32-30-35)34-38(42)28-26-24-22-20-18-16-14-12-10-8-6-4-2/h29-32,37-38,40-42H,3-28,33-34H2,1-2H3. The molecule has 0 heterocycles. The van der Waals surface area contributed by atoms with E-state index in [1.807, 2.05) is 12.1 Å². The number of hydrogen-bond acceptors (Lipinski definition) is 4. The maximum atomic E-state index is 10.8. The zero-order valence-electron chi connectivity index (χ0n) is 28.1. The summed E-state index contributed by atoms with van der Waals surface area (Å²) >= 11 is 0. The van der Waals surface area contributed by atoms with Crippen LogP contribution in [0.1, 0.15) is 181 Å². The van der Waals surface area contributed by atoms with E-state index in [2.05, 4.69) is 18.7 Å². The molecular weight excluding hydrogens is 518 g/mol. The number of aromatic hydroxyl groups is 1. The maximum Gasteiger partial charge on any atom is 0.115 e. The van der Waals surface area contributed by atoms with E-state index in [0.717, 1.165) is 31.4 Å². The number of aliphatic hydroxyl groups is 2. The van der Waals surface area contributed by atoms with Crippen molar-refractivity contribution in [1.82, 2.24) is 0 Å². The van der Waals surface area contributed by atoms with Crippen molar-refractivity contribution in [2.75, 3.05) is 18.0 Å². The molecule has 42 heavy (non-hydrogen) atoms. The molecule has 0 radical (unpaired) electrons. The third-order valence-electron chi connectivity index (χ3n) is 8.86. The second-order valence-corrected chi connectivity index (χ2v) is 13.1. The zero-order chi connectivity index (χ0) is 30.5. The fourth-order valence-electron chi connectivity index (χ4n) is 6.08. The molecule has 1 aromatic carbocycles. The average molecular weight is 590 g/mol. The van der Waals surface area contributed by atoms with Crippen LogP contribution in [0.3, 0.4) is 0 Å². The molecular formula is C38H71NO3. The molecule has 2 unspecified atom stereocenters. The number of unbranched alkanes of at least 4 members (excludes halogenated alkanes) is 22. The largest absolute Gasteiger partial charge is 0.508 e. The number of phenolic OH excluding ortho intramolecular Hbond substituents is 1. The van der Waals surface area contributed by atoms with E-state index in [4.69, 9.17) is 0 Å². The summed E-state index contributed by atoms with van der Waals surface area (Å²) in [4.78, 5) is 2.11. The van der Waals surface area contributed by atoms with Crippen LogP contribution in [0.2, 0.25) is 0 Å². The molecule has 1 aromatic rings. The molecule has 0 aromatic heterocycles. The van der Waals surface area contributed by atoms with E-state index >= 15 is 0 Å². The van der Waals surface area contributed by atoms with E-state index in [9.17, 15) is 15.3 Å². The van der Waals surface area contributed by atoms with Crippen molar-refractivity contribution >= 4 is 5.69 Å². The van der Waals surface area contributed by atoms with E-state index in [1.165, 1.54) is 141 Å². The third kappa shape index (κ3) is 23.2. The van der Waals surface area contributed by atoms with Crippen LogP contribution in [0.4, 0.5) is 5.69 Å². The number of aliphatic hydroxyl groups excluding tert-OH is 2. The third-order valence-corrected chi connectivity index (χ3v) is 8.86. The van der Waals surface area contributed by atoms with Gasteiger partial charge in [-0.1, -0.05) is 168 Å². The summed E-state index contributed by atoms with van der Waals surface area (Å²) < 4.78 is 0. The smallest absolute Gasteiger partial charge is 0.115 e. The Morgan fingerprint density at radius 1 is 0.452 bits per heavy atom. The highest BCUT2D eigenvalue weighted by molar-refractivity contribution is 5.49. The Kier molecular flexibility index (Phi) is 26.3. The van der Waals surface area contributed by atoms with Gasteiger partial charge in [-0.3, -0.25) is 0 Å². The molecule has 0 spiro atoms. The van der Waals surface area contributed by atoms with Gasteiger partial charge in [0.25, 0.3) is 0 Å². The quantitative estimate of drug-likeness (QED) is 0.0754. The van der Waals surface area contributed by atoms with Crippen LogP contribution in [0.15, 0.2) is 24.3 Å². The van der Waals surface area contributed by atoms with Gasteiger partial charge in [0.15, 0.2) is 0 Å². The summed E-state index contributed by atoms with van der Waals surface area (Å²) in [7, 11) is 0. The molecule has 4 heteroatoms. The lowest BCUT2D eigenvalue weighted by Gasteiger charge is -2.29. The van der Waals surface area contributed by atoms with Crippen molar-refractivity contribution in [3.8, 4) is 5.75 Å². The highest BCUT2D eigenvalue weighted by atomic mass is 16.3. The number of rotatable bonds is 31. The number of phenols is 1. The van der Waals surface area contributed by atoms with E-state index in [-0.39, 0.29) is 5.75 Å². The second-order valence-electron chi connectivity index (χ2n) is 13.1. The molecule has 0 bridgehead atoms. The minimum absolute atomic E-state index is 0.243. The normalized spacial score (nSPS) is 13.0. The van der Waals surface area contributed by atoms with Crippen molar-refractivity contribution in [3.05, 3.63) is 24.3 Å². The van der Waals surface area contributed by atoms with Crippen molar-refractivity contribution in [3.63, 3.8) is 0 Å². The first-order valence-electron chi connectivity index (χ1n) is 18.5. The molecule has 0 aliphatic heterocycles. The summed E-state index contributed by atoms with van der Waals surface area (Å²) in [5.41, 5.74) is 0.954. The molecule has 0 aliphatic carbocycles. The SMILES string of the molecule is CCCCCCCCCCCCCCC(O)CN(CC(O)CCCCCCCCCCCCCC)c1ccc(O)cc1. The number of benzene rings is 1. The number of nitrogens with zero attached hydrogens (tertiary/aromatic N) is 1. The maximum absolute atomic E-state index is 10.8. The molecule has 0 amide bonds. The van der Waals surface area contributed by atoms with Gasteiger partial charge in [-0.15, -0.1) is 0 Å². The first kappa shape index (κ1) is 38.8. The fourth-order valence-corrected chi connectivity index (χ4v) is 6.08. The summed E-state index contributed by atoms with van der Waals surface area (Å²) in [6, 6.07) is 7.17. The molecule has 0 saturated heterocycles. The topological polar surface area (TPSA) is 63.9 Å². The molecule has 1 rings (SSSR count). The predicted octanol–water partition coefficient (Wildman–Crippen LogP) is 11.1. The predicted molar refractivity (Wildman–Crippen MR) is 184 cm³/mol. The lowest BCUT2D eigenvalue weighted by atomic mass is 10.0. The average Bonchev–Trinajstić information content (AvgIpc) is 2.98. The van der Waals surface area contributed by atoms with Gasteiger partial charge in [-0.2, -0.15) is 0 Å². The highest BCUT2D eigenvalue weighted by Gasteiger charge is 2.16. The van der Waals surface area contributed by atoms with Gasteiger partial charge in [0.05, 0.1) is 12.2 Å². The van der Waals surface area contributed by atoms with Crippen LogP contribution in [0.25, 0.3) is 0 Å². The van der Waals surface area contributed by atoms with E-state index in [0.29, 0.717) is 13.1 Å². The molecule has 3 N–H and O–H groups in total. The Labute approximate surface area is 261 Å². The van der Waals surface area contributed by atoms with Gasteiger partial charge in [-0.05, 0) is 37.1 Å². The first-order chi connectivity index (χ1) is 20.6. The van der Waals surface area contributed by atoms with Gasteiger partial charge in [0, 0.05) is 18.8 Å². The summed E-state index contributed by atoms with van der Waals surface area (Å²) in [5.74, 6) is 0.243. The van der Waals surface area contributed by atoms with Crippen molar-refractivity contribution in [2.45, 2.75) is 193 Å². The van der Waals surface area contributed by atoms with Crippen LogP contribution in [0.5, 0.6) is 5.75 Å². The minimum Gasteiger partial charge on any atom is -0.508 e. The summed E-state index contributed by atoms with van der Waals surface area (Å²) in [5, 5.41) is 31.4. The lowest BCUT2D eigenvalue weighted by Crippen LogP contribution is -2.38. The van der Waals surface area contributed by atoms with Crippen molar-refractivity contribution < 1.29 is 15.3 Å². The molecule has 2 atom stereocenters. The number of hydrogen-bond donors (Lipinski definition) is 3. The Morgan fingerprint density at radius 3 is 1.05 bits per heavy atom. The highest BCUT2D eigenvalue weighted by Crippen LogP contribution is 2.21. The molecule has 0 fully saturated rings. The Morgan fingerprint density at radius 2 is 0.738 bits per heavy atom. The van der Waals surface area contributed by atoms with Crippen LogP contribution in [0, 0.1) is 0 Å². The Hall–Kier alpha value is -1.26. The van der Waals surface area contributed by atoms with Gasteiger partial charge >= 0.3 is 0 Å². The Balaban J connectivity index is 2.20. The molecule has 246 valence electrons. The zero-order valence-corrected chi connectivity index (χ0v) is 28.1. The molecule has 0 aliphatic rings. The monoisotopic (exact) mass is 590 g/mol. The van der Waals surface area contributed by atoms with Gasteiger partial charge < -0.3 is 20.2 Å². The Bertz CT molecular complexity index is 643. The van der Waals surface area contributed by atoms with Gasteiger partial charge in [-0.25, -0.2) is 0 Å². The fraction of sp³-hybridized carbons (Fsp3) is 0.842.